The van der Waals surface area contributed by atoms with Crippen LogP contribution in [-0.4, -0.2) is 18.0 Å². The Balaban J connectivity index is 2.07. The van der Waals surface area contributed by atoms with Gasteiger partial charge in [0.05, 0.1) is 12.7 Å². The summed E-state index contributed by atoms with van der Waals surface area (Å²) in [5.74, 6) is 0.200. The Bertz CT molecular complexity index is 670. The van der Waals surface area contributed by atoms with Gasteiger partial charge in [-0.1, -0.05) is 48.6 Å². The second kappa shape index (κ2) is 7.10. The largest absolute Gasteiger partial charge is 0.507 e. The van der Waals surface area contributed by atoms with Gasteiger partial charge in [0.25, 0.3) is 0 Å². The number of hydrogen-bond donors (Lipinski definition) is 1. The number of ketones is 1. The van der Waals surface area contributed by atoms with Crippen LogP contribution < -0.4 is 4.74 Å². The summed E-state index contributed by atoms with van der Waals surface area (Å²) in [5.41, 5.74) is 1.28. The maximum atomic E-state index is 12.0. The molecule has 0 radical (unpaired) electrons. The monoisotopic (exact) mass is 280 g/mol. The van der Waals surface area contributed by atoms with E-state index in [4.69, 9.17) is 4.74 Å². The molecule has 2 aromatic rings. The third-order valence-corrected chi connectivity index (χ3v) is 2.92. The van der Waals surface area contributed by atoms with E-state index in [1.165, 1.54) is 25.3 Å². The number of phenolic OH excluding ortho intramolecular Hbond substituents is 1. The zero-order chi connectivity index (χ0) is 15.1. The van der Waals surface area contributed by atoms with E-state index in [9.17, 15) is 9.90 Å². The summed E-state index contributed by atoms with van der Waals surface area (Å²) in [5, 5.41) is 9.71. The van der Waals surface area contributed by atoms with Crippen LogP contribution in [0.25, 0.3) is 6.08 Å². The minimum absolute atomic E-state index is 0.0579. The molecule has 2 aromatic carbocycles. The van der Waals surface area contributed by atoms with Crippen LogP contribution in [0.1, 0.15) is 15.9 Å². The molecule has 0 atom stereocenters. The topological polar surface area (TPSA) is 46.5 Å². The minimum Gasteiger partial charge on any atom is -0.507 e. The molecule has 2 rings (SSSR count). The van der Waals surface area contributed by atoms with E-state index < -0.39 is 0 Å². The predicted octanol–water partition coefficient (Wildman–Crippen LogP) is 3.85. The van der Waals surface area contributed by atoms with Crippen LogP contribution in [0, 0.1) is 0 Å². The highest BCUT2D eigenvalue weighted by atomic mass is 16.5. The third-order valence-electron chi connectivity index (χ3n) is 2.92. The summed E-state index contributed by atoms with van der Waals surface area (Å²) < 4.78 is 5.04. The van der Waals surface area contributed by atoms with Crippen LogP contribution in [-0.2, 0) is 0 Å². The summed E-state index contributed by atoms with van der Waals surface area (Å²) >= 11 is 0. The summed E-state index contributed by atoms with van der Waals surface area (Å²) in [6.07, 6.45) is 6.74. The molecule has 0 fully saturated rings. The molecule has 0 aliphatic carbocycles. The van der Waals surface area contributed by atoms with E-state index in [2.05, 4.69) is 0 Å². The van der Waals surface area contributed by atoms with Gasteiger partial charge >= 0.3 is 0 Å². The molecule has 0 saturated heterocycles. The molecule has 0 bridgehead atoms. The van der Waals surface area contributed by atoms with Gasteiger partial charge < -0.3 is 9.84 Å². The van der Waals surface area contributed by atoms with Crippen molar-refractivity contribution in [3.8, 4) is 11.5 Å². The Labute approximate surface area is 123 Å². The third kappa shape index (κ3) is 4.08. The summed E-state index contributed by atoms with van der Waals surface area (Å²) in [4.78, 5) is 12.0. The number of rotatable bonds is 5. The Morgan fingerprint density at radius 1 is 1.10 bits per heavy atom. The van der Waals surface area contributed by atoms with Gasteiger partial charge in [0, 0.05) is 0 Å². The molecule has 0 heterocycles. The maximum Gasteiger partial charge on any atom is 0.189 e. The first-order chi connectivity index (χ1) is 10.2. The van der Waals surface area contributed by atoms with E-state index in [-0.39, 0.29) is 17.1 Å². The van der Waals surface area contributed by atoms with Crippen molar-refractivity contribution >= 4 is 11.9 Å². The fourth-order valence-electron chi connectivity index (χ4n) is 1.80. The summed E-state index contributed by atoms with van der Waals surface area (Å²) in [6, 6.07) is 14.3. The van der Waals surface area contributed by atoms with Gasteiger partial charge in [-0.25, -0.2) is 0 Å². The molecule has 0 spiro atoms. The number of allylic oxidation sites excluding steroid dienone is 3. The maximum absolute atomic E-state index is 12.0. The van der Waals surface area contributed by atoms with Crippen molar-refractivity contribution < 1.29 is 14.6 Å². The molecule has 0 aliphatic rings. The normalized spacial score (nSPS) is 11.1. The second-order valence-corrected chi connectivity index (χ2v) is 4.38. The van der Waals surface area contributed by atoms with Crippen LogP contribution in [0.3, 0.4) is 0 Å². The highest BCUT2D eigenvalue weighted by molar-refractivity contribution is 6.06. The number of methoxy groups -OCH3 is 1. The number of phenols is 1. The van der Waals surface area contributed by atoms with Crippen LogP contribution in [0.5, 0.6) is 11.5 Å². The molecule has 1 N–H and O–H groups in total. The number of hydrogen-bond acceptors (Lipinski definition) is 3. The fourth-order valence-corrected chi connectivity index (χ4v) is 1.80. The van der Waals surface area contributed by atoms with E-state index >= 15 is 0 Å². The Morgan fingerprint density at radius 2 is 1.86 bits per heavy atom. The Morgan fingerprint density at radius 3 is 2.57 bits per heavy atom. The Kier molecular flexibility index (Phi) is 4.94. The lowest BCUT2D eigenvalue weighted by molar-refractivity contribution is 0.104. The van der Waals surface area contributed by atoms with Crippen LogP contribution in [0.15, 0.2) is 66.8 Å². The smallest absolute Gasteiger partial charge is 0.189 e. The number of aromatic hydroxyl groups is 1. The van der Waals surface area contributed by atoms with Crippen molar-refractivity contribution in [1.29, 1.82) is 0 Å². The molecule has 0 unspecified atom stereocenters. The van der Waals surface area contributed by atoms with Crippen LogP contribution >= 0.6 is 0 Å². The van der Waals surface area contributed by atoms with E-state index in [0.717, 1.165) is 5.56 Å². The minimum atomic E-state index is -0.274. The zero-order valence-electron chi connectivity index (χ0n) is 11.7. The van der Waals surface area contributed by atoms with Crippen molar-refractivity contribution in [2.24, 2.45) is 0 Å². The van der Waals surface area contributed by atoms with Crippen molar-refractivity contribution in [3.05, 3.63) is 77.9 Å². The predicted molar refractivity (Wildman–Crippen MR) is 83.6 cm³/mol. The van der Waals surface area contributed by atoms with Crippen molar-refractivity contribution in [2.45, 2.75) is 0 Å². The lowest BCUT2D eigenvalue weighted by Crippen LogP contribution is -1.95. The van der Waals surface area contributed by atoms with Crippen LogP contribution in [0.2, 0.25) is 0 Å². The second-order valence-electron chi connectivity index (χ2n) is 4.38. The average Bonchev–Trinajstić information content (AvgIpc) is 2.53. The van der Waals surface area contributed by atoms with Gasteiger partial charge in [-0.3, -0.25) is 4.79 Å². The van der Waals surface area contributed by atoms with Gasteiger partial charge in [-0.05, 0) is 29.8 Å². The molecule has 3 heteroatoms. The molecule has 0 saturated carbocycles. The molecule has 0 aromatic heterocycles. The molecular formula is C18H16O3. The van der Waals surface area contributed by atoms with Crippen LogP contribution in [0.4, 0.5) is 0 Å². The molecule has 0 amide bonds. The number of carbonyl (C=O) groups excluding carboxylic acids is 1. The first kappa shape index (κ1) is 14.6. The van der Waals surface area contributed by atoms with E-state index in [1.54, 1.807) is 18.2 Å². The average molecular weight is 280 g/mol. The molecule has 106 valence electrons. The Hall–Kier alpha value is -2.81. The molecule has 0 aliphatic heterocycles. The lowest BCUT2D eigenvalue weighted by Gasteiger charge is -2.03. The highest BCUT2D eigenvalue weighted by Gasteiger charge is 2.09. The van der Waals surface area contributed by atoms with Crippen molar-refractivity contribution in [2.75, 3.05) is 7.11 Å². The van der Waals surface area contributed by atoms with Gasteiger partial charge in [-0.2, -0.15) is 0 Å². The molecular weight excluding hydrogens is 264 g/mol. The fraction of sp³-hybridized carbons (Fsp3) is 0.0556. The molecule has 3 nitrogen and oxygen atoms in total. The quantitative estimate of drug-likeness (QED) is 0.514. The standard InChI is InChI=1S/C18H16O3/c1-21-15-11-12-18(20)16(13-15)17(19)10-6-5-9-14-7-3-2-4-8-14/h2-13,20H,1H3/b9-5+,10-6+. The zero-order valence-corrected chi connectivity index (χ0v) is 11.7. The van der Waals surface area contributed by atoms with Gasteiger partial charge in [0.1, 0.15) is 11.5 Å². The number of carbonyl (C=O) groups is 1. The first-order valence-electron chi connectivity index (χ1n) is 6.52. The van der Waals surface area contributed by atoms with Gasteiger partial charge in [0.15, 0.2) is 5.78 Å². The summed E-state index contributed by atoms with van der Waals surface area (Å²) in [6.45, 7) is 0. The first-order valence-corrected chi connectivity index (χ1v) is 6.52. The van der Waals surface area contributed by atoms with Crippen molar-refractivity contribution in [1.82, 2.24) is 0 Å². The van der Waals surface area contributed by atoms with E-state index in [1.807, 2.05) is 36.4 Å². The SMILES string of the molecule is COc1ccc(O)c(C(=O)/C=C/C=C/c2ccccc2)c1. The lowest BCUT2D eigenvalue weighted by atomic mass is 10.1. The number of ether oxygens (including phenoxy) is 1. The molecule has 21 heavy (non-hydrogen) atoms. The van der Waals surface area contributed by atoms with E-state index in [0.29, 0.717) is 5.75 Å². The highest BCUT2D eigenvalue weighted by Crippen LogP contribution is 2.23. The number of benzene rings is 2. The van der Waals surface area contributed by atoms with Crippen molar-refractivity contribution in [3.63, 3.8) is 0 Å². The summed E-state index contributed by atoms with van der Waals surface area (Å²) in [7, 11) is 1.51. The van der Waals surface area contributed by atoms with Gasteiger partial charge in [0.2, 0.25) is 0 Å². The van der Waals surface area contributed by atoms with Gasteiger partial charge in [-0.15, -0.1) is 0 Å².